The monoisotopic (exact) mass is 229 g/mol. The Bertz CT molecular complexity index is 483. The van der Waals surface area contributed by atoms with Crippen molar-refractivity contribution >= 4 is 17.4 Å². The number of rotatable bonds is 3. The Morgan fingerprint density at radius 1 is 1.38 bits per heavy atom. The molecule has 2 aromatic rings. The van der Waals surface area contributed by atoms with Crippen LogP contribution in [0.15, 0.2) is 36.5 Å². The van der Waals surface area contributed by atoms with Gasteiger partial charge in [0.2, 0.25) is 0 Å². The lowest BCUT2D eigenvalue weighted by Gasteiger charge is -1.92. The van der Waals surface area contributed by atoms with Crippen LogP contribution in [0.3, 0.4) is 0 Å². The third kappa shape index (κ3) is 2.22. The Morgan fingerprint density at radius 3 is 2.88 bits per heavy atom. The second-order valence-electron chi connectivity index (χ2n) is 3.57. The molecule has 0 saturated heterocycles. The molecule has 0 aliphatic rings. The van der Waals surface area contributed by atoms with Gasteiger partial charge in [0, 0.05) is 11.1 Å². The van der Waals surface area contributed by atoms with E-state index in [1.165, 1.54) is 15.3 Å². The van der Waals surface area contributed by atoms with Crippen LogP contribution in [0.2, 0.25) is 0 Å². The van der Waals surface area contributed by atoms with Crippen LogP contribution in [-0.2, 0) is 6.42 Å². The molecule has 0 N–H and O–H groups in total. The zero-order valence-electron chi connectivity index (χ0n) is 9.60. The second-order valence-corrected chi connectivity index (χ2v) is 4.65. The number of pyridine rings is 1. The average molecular weight is 229 g/mol. The predicted octanol–water partition coefficient (Wildman–Crippen LogP) is 4.41. The molecule has 0 aliphatic heterocycles. The van der Waals surface area contributed by atoms with E-state index in [0.29, 0.717) is 0 Å². The molecule has 0 bridgehead atoms. The lowest BCUT2D eigenvalue weighted by Crippen LogP contribution is -1.77. The normalized spacial score (nSPS) is 11.1. The number of hydrogen-bond acceptors (Lipinski definition) is 2. The summed E-state index contributed by atoms with van der Waals surface area (Å²) in [7, 11) is 0. The van der Waals surface area contributed by atoms with Crippen molar-refractivity contribution in [3.05, 3.63) is 47.0 Å². The Morgan fingerprint density at radius 2 is 2.25 bits per heavy atom. The topological polar surface area (TPSA) is 12.9 Å². The Kier molecular flexibility index (Phi) is 3.52. The van der Waals surface area contributed by atoms with Crippen molar-refractivity contribution in [1.29, 1.82) is 0 Å². The fourth-order valence-corrected chi connectivity index (χ4v) is 2.85. The van der Waals surface area contributed by atoms with Gasteiger partial charge in [0.15, 0.2) is 0 Å². The van der Waals surface area contributed by atoms with Crippen molar-refractivity contribution in [1.82, 2.24) is 4.98 Å². The largest absolute Gasteiger partial charge is 0.255 e. The van der Waals surface area contributed by atoms with Crippen LogP contribution in [0.1, 0.15) is 24.3 Å². The van der Waals surface area contributed by atoms with Crippen molar-refractivity contribution in [2.24, 2.45) is 0 Å². The van der Waals surface area contributed by atoms with Crippen molar-refractivity contribution in [3.63, 3.8) is 0 Å². The molecule has 0 aromatic carbocycles. The number of allylic oxidation sites excluding steroid dienone is 1. The molecule has 0 saturated carbocycles. The number of nitrogens with zero attached hydrogens (tertiary/aromatic N) is 1. The molecule has 82 valence electrons. The van der Waals surface area contributed by atoms with E-state index in [2.05, 4.69) is 43.1 Å². The maximum Gasteiger partial charge on any atom is 0.0801 e. The molecule has 2 heteroatoms. The van der Waals surface area contributed by atoms with Crippen molar-refractivity contribution in [2.45, 2.75) is 20.3 Å². The van der Waals surface area contributed by atoms with Crippen LogP contribution in [0.25, 0.3) is 16.6 Å². The Hall–Kier alpha value is -1.41. The van der Waals surface area contributed by atoms with Gasteiger partial charge in [0.25, 0.3) is 0 Å². The first kappa shape index (κ1) is 11.1. The van der Waals surface area contributed by atoms with Gasteiger partial charge in [-0.15, -0.1) is 11.3 Å². The van der Waals surface area contributed by atoms with Gasteiger partial charge in [-0.05, 0) is 43.2 Å². The highest BCUT2D eigenvalue weighted by Gasteiger charge is 2.07. The average Bonchev–Trinajstić information content (AvgIpc) is 2.74. The van der Waals surface area contributed by atoms with Crippen molar-refractivity contribution in [2.75, 3.05) is 0 Å². The fourth-order valence-electron chi connectivity index (χ4n) is 1.65. The molecular formula is C14H15NS. The molecule has 0 fully saturated rings. The highest BCUT2D eigenvalue weighted by molar-refractivity contribution is 7.16. The molecule has 0 spiro atoms. The molecular weight excluding hydrogens is 214 g/mol. The molecule has 1 nitrogen and oxygen atoms in total. The van der Waals surface area contributed by atoms with Crippen molar-refractivity contribution < 1.29 is 0 Å². The minimum Gasteiger partial charge on any atom is -0.255 e. The standard InChI is InChI=1S/C14H15NS/c1-3-7-13-11(4-2)10-14(16-13)12-8-5-6-9-15-12/h3,5-10H,4H2,1-2H3. The first-order chi connectivity index (χ1) is 7.85. The van der Waals surface area contributed by atoms with E-state index >= 15 is 0 Å². The maximum atomic E-state index is 4.38. The van der Waals surface area contributed by atoms with Gasteiger partial charge in [-0.1, -0.05) is 19.1 Å². The van der Waals surface area contributed by atoms with Crippen LogP contribution in [-0.4, -0.2) is 4.98 Å². The summed E-state index contributed by atoms with van der Waals surface area (Å²) in [5, 5.41) is 0. The third-order valence-electron chi connectivity index (χ3n) is 2.46. The highest BCUT2D eigenvalue weighted by Crippen LogP contribution is 2.31. The third-order valence-corrected chi connectivity index (χ3v) is 3.62. The zero-order valence-corrected chi connectivity index (χ0v) is 10.4. The van der Waals surface area contributed by atoms with Gasteiger partial charge < -0.3 is 0 Å². The van der Waals surface area contributed by atoms with E-state index in [9.17, 15) is 0 Å². The number of aromatic nitrogens is 1. The number of hydrogen-bond donors (Lipinski definition) is 0. The molecule has 0 amide bonds. The molecule has 16 heavy (non-hydrogen) atoms. The summed E-state index contributed by atoms with van der Waals surface area (Å²) < 4.78 is 0. The summed E-state index contributed by atoms with van der Waals surface area (Å²) in [5.41, 5.74) is 2.47. The molecule has 2 heterocycles. The van der Waals surface area contributed by atoms with Crippen molar-refractivity contribution in [3.8, 4) is 10.6 Å². The predicted molar refractivity (Wildman–Crippen MR) is 71.6 cm³/mol. The molecule has 0 aliphatic carbocycles. The summed E-state index contributed by atoms with van der Waals surface area (Å²) in [6.07, 6.45) is 7.18. The zero-order chi connectivity index (χ0) is 11.4. The Labute approximate surface area is 100 Å². The van der Waals surface area contributed by atoms with Gasteiger partial charge in [-0.2, -0.15) is 0 Å². The maximum absolute atomic E-state index is 4.38. The lowest BCUT2D eigenvalue weighted by atomic mass is 10.1. The summed E-state index contributed by atoms with van der Waals surface area (Å²) in [6, 6.07) is 8.29. The summed E-state index contributed by atoms with van der Waals surface area (Å²) >= 11 is 1.81. The minimum atomic E-state index is 1.07. The van der Waals surface area contributed by atoms with E-state index < -0.39 is 0 Å². The molecule has 0 radical (unpaired) electrons. The van der Waals surface area contributed by atoms with Crippen LogP contribution in [0.5, 0.6) is 0 Å². The van der Waals surface area contributed by atoms with Gasteiger partial charge >= 0.3 is 0 Å². The van der Waals surface area contributed by atoms with Crippen LogP contribution >= 0.6 is 11.3 Å². The van der Waals surface area contributed by atoms with Crippen LogP contribution < -0.4 is 0 Å². The SMILES string of the molecule is CC=Cc1sc(-c2ccccn2)cc1CC. The van der Waals surface area contributed by atoms with Crippen LogP contribution in [0, 0.1) is 0 Å². The molecule has 2 rings (SSSR count). The van der Waals surface area contributed by atoms with Crippen LogP contribution in [0.4, 0.5) is 0 Å². The van der Waals surface area contributed by atoms with E-state index in [1.807, 2.05) is 29.7 Å². The molecule has 2 aromatic heterocycles. The first-order valence-corrected chi connectivity index (χ1v) is 6.33. The fraction of sp³-hybridized carbons (Fsp3) is 0.214. The second kappa shape index (κ2) is 5.08. The summed E-state index contributed by atoms with van der Waals surface area (Å²) in [4.78, 5) is 6.99. The van der Waals surface area contributed by atoms with E-state index in [4.69, 9.17) is 0 Å². The molecule has 0 unspecified atom stereocenters. The van der Waals surface area contributed by atoms with Gasteiger partial charge in [-0.25, -0.2) is 0 Å². The number of aryl methyl sites for hydroxylation is 1. The summed E-state index contributed by atoms with van der Waals surface area (Å²) in [5.74, 6) is 0. The van der Waals surface area contributed by atoms with Gasteiger partial charge in [-0.3, -0.25) is 4.98 Å². The lowest BCUT2D eigenvalue weighted by molar-refractivity contribution is 1.15. The van der Waals surface area contributed by atoms with Gasteiger partial charge in [0.1, 0.15) is 0 Å². The minimum absolute atomic E-state index is 1.07. The van der Waals surface area contributed by atoms with E-state index in [-0.39, 0.29) is 0 Å². The highest BCUT2D eigenvalue weighted by atomic mass is 32.1. The Balaban J connectivity index is 2.44. The smallest absolute Gasteiger partial charge is 0.0801 e. The number of thiophene rings is 1. The van der Waals surface area contributed by atoms with E-state index in [0.717, 1.165) is 12.1 Å². The van der Waals surface area contributed by atoms with Gasteiger partial charge in [0.05, 0.1) is 10.6 Å². The quantitative estimate of drug-likeness (QED) is 0.760. The first-order valence-electron chi connectivity index (χ1n) is 5.52. The summed E-state index contributed by atoms with van der Waals surface area (Å²) in [6.45, 7) is 4.25. The van der Waals surface area contributed by atoms with E-state index in [1.54, 1.807) is 0 Å². The molecule has 0 atom stereocenters.